The summed E-state index contributed by atoms with van der Waals surface area (Å²) in [6, 6.07) is 2.55. The standard InChI is InChI=1S/C13H22N4/c1-9(2)12-7-10(3)14-13(16-12)15-11-5-6-17(4)8-11/h7,9,11H,5-6,8H2,1-4H3,(H,14,15,16). The third-order valence-electron chi connectivity index (χ3n) is 3.19. The molecule has 0 bridgehead atoms. The lowest BCUT2D eigenvalue weighted by molar-refractivity contribution is 0.414. The molecule has 1 saturated heterocycles. The van der Waals surface area contributed by atoms with E-state index >= 15 is 0 Å². The second-order valence-corrected chi connectivity index (χ2v) is 5.30. The molecular formula is C13H22N4. The van der Waals surface area contributed by atoms with Crippen molar-refractivity contribution in [2.75, 3.05) is 25.5 Å². The van der Waals surface area contributed by atoms with E-state index in [1.807, 2.05) is 6.92 Å². The summed E-state index contributed by atoms with van der Waals surface area (Å²) in [5.74, 6) is 1.23. The van der Waals surface area contributed by atoms with Crippen LogP contribution in [0.25, 0.3) is 0 Å². The minimum Gasteiger partial charge on any atom is -0.350 e. The van der Waals surface area contributed by atoms with Crippen LogP contribution in [0.5, 0.6) is 0 Å². The molecule has 1 N–H and O–H groups in total. The monoisotopic (exact) mass is 234 g/mol. The molecule has 2 rings (SSSR count). The Bertz CT molecular complexity index is 389. The Balaban J connectivity index is 2.10. The number of anilines is 1. The Morgan fingerprint density at radius 1 is 1.41 bits per heavy atom. The number of likely N-dealkylation sites (tertiary alicyclic amines) is 1. The second-order valence-electron chi connectivity index (χ2n) is 5.30. The van der Waals surface area contributed by atoms with Gasteiger partial charge in [-0.15, -0.1) is 0 Å². The van der Waals surface area contributed by atoms with Gasteiger partial charge >= 0.3 is 0 Å². The molecule has 0 aromatic carbocycles. The number of likely N-dealkylation sites (N-methyl/N-ethyl adjacent to an activating group) is 1. The Hall–Kier alpha value is -1.16. The molecule has 0 aliphatic carbocycles. The summed E-state index contributed by atoms with van der Waals surface area (Å²) >= 11 is 0. The van der Waals surface area contributed by atoms with Crippen molar-refractivity contribution in [3.05, 3.63) is 17.5 Å². The third-order valence-corrected chi connectivity index (χ3v) is 3.19. The molecule has 2 heterocycles. The molecule has 17 heavy (non-hydrogen) atoms. The molecule has 1 aliphatic rings. The number of hydrogen-bond acceptors (Lipinski definition) is 4. The van der Waals surface area contributed by atoms with E-state index in [1.54, 1.807) is 0 Å². The Kier molecular flexibility index (Phi) is 3.62. The number of hydrogen-bond donors (Lipinski definition) is 1. The maximum absolute atomic E-state index is 4.58. The zero-order chi connectivity index (χ0) is 12.4. The fraction of sp³-hybridized carbons (Fsp3) is 0.692. The quantitative estimate of drug-likeness (QED) is 0.868. The van der Waals surface area contributed by atoms with Gasteiger partial charge < -0.3 is 10.2 Å². The Morgan fingerprint density at radius 2 is 2.18 bits per heavy atom. The van der Waals surface area contributed by atoms with Crippen molar-refractivity contribution in [1.82, 2.24) is 14.9 Å². The molecule has 1 fully saturated rings. The van der Waals surface area contributed by atoms with Crippen LogP contribution < -0.4 is 5.32 Å². The van der Waals surface area contributed by atoms with Gasteiger partial charge in [-0.25, -0.2) is 9.97 Å². The van der Waals surface area contributed by atoms with Gasteiger partial charge in [0, 0.05) is 24.0 Å². The van der Waals surface area contributed by atoms with E-state index in [-0.39, 0.29) is 0 Å². The largest absolute Gasteiger partial charge is 0.350 e. The zero-order valence-corrected chi connectivity index (χ0v) is 11.2. The van der Waals surface area contributed by atoms with Crippen molar-refractivity contribution >= 4 is 5.95 Å². The maximum atomic E-state index is 4.58. The minimum absolute atomic E-state index is 0.448. The van der Waals surface area contributed by atoms with E-state index in [9.17, 15) is 0 Å². The highest BCUT2D eigenvalue weighted by Gasteiger charge is 2.20. The lowest BCUT2D eigenvalue weighted by Crippen LogP contribution is -2.24. The first-order chi connectivity index (χ1) is 8.04. The summed E-state index contributed by atoms with van der Waals surface area (Å²) in [6.07, 6.45) is 1.17. The third kappa shape index (κ3) is 3.16. The van der Waals surface area contributed by atoms with Crippen molar-refractivity contribution in [2.45, 2.75) is 39.2 Å². The van der Waals surface area contributed by atoms with Gasteiger partial charge in [-0.1, -0.05) is 13.8 Å². The lowest BCUT2D eigenvalue weighted by Gasteiger charge is -2.14. The molecule has 1 aliphatic heterocycles. The average Bonchev–Trinajstić information content (AvgIpc) is 2.63. The predicted octanol–water partition coefficient (Wildman–Crippen LogP) is 2.02. The van der Waals surface area contributed by atoms with Crippen LogP contribution in [0.4, 0.5) is 5.95 Å². The first kappa shape index (κ1) is 12.3. The number of rotatable bonds is 3. The minimum atomic E-state index is 0.448. The first-order valence-corrected chi connectivity index (χ1v) is 6.35. The fourth-order valence-corrected chi connectivity index (χ4v) is 2.19. The van der Waals surface area contributed by atoms with E-state index < -0.39 is 0 Å². The summed E-state index contributed by atoms with van der Waals surface area (Å²) in [7, 11) is 2.15. The van der Waals surface area contributed by atoms with Gasteiger partial charge in [0.05, 0.1) is 0 Å². The van der Waals surface area contributed by atoms with Gasteiger partial charge in [0.1, 0.15) is 0 Å². The van der Waals surface area contributed by atoms with Crippen molar-refractivity contribution in [2.24, 2.45) is 0 Å². The highest BCUT2D eigenvalue weighted by atomic mass is 15.2. The van der Waals surface area contributed by atoms with Crippen molar-refractivity contribution < 1.29 is 0 Å². The van der Waals surface area contributed by atoms with Crippen LogP contribution >= 0.6 is 0 Å². The fourth-order valence-electron chi connectivity index (χ4n) is 2.19. The number of nitrogens with zero attached hydrogens (tertiary/aromatic N) is 3. The molecule has 94 valence electrons. The Labute approximate surface area is 103 Å². The van der Waals surface area contributed by atoms with Crippen LogP contribution in [0, 0.1) is 6.92 Å². The van der Waals surface area contributed by atoms with Crippen LogP contribution in [0.1, 0.15) is 37.6 Å². The van der Waals surface area contributed by atoms with Gasteiger partial charge in [0.15, 0.2) is 0 Å². The van der Waals surface area contributed by atoms with Crippen LogP contribution in [0.2, 0.25) is 0 Å². The molecule has 0 saturated carbocycles. The predicted molar refractivity (Wildman–Crippen MR) is 70.4 cm³/mol. The molecule has 4 heteroatoms. The zero-order valence-electron chi connectivity index (χ0n) is 11.2. The Morgan fingerprint density at radius 3 is 2.76 bits per heavy atom. The summed E-state index contributed by atoms with van der Waals surface area (Å²) in [5.41, 5.74) is 2.16. The van der Waals surface area contributed by atoms with E-state index in [4.69, 9.17) is 0 Å². The summed E-state index contributed by atoms with van der Waals surface area (Å²) in [5, 5.41) is 3.44. The highest BCUT2D eigenvalue weighted by Crippen LogP contribution is 2.16. The van der Waals surface area contributed by atoms with Crippen molar-refractivity contribution in [3.8, 4) is 0 Å². The van der Waals surface area contributed by atoms with E-state index in [2.05, 4.69) is 47.1 Å². The molecule has 1 aromatic rings. The number of aryl methyl sites for hydroxylation is 1. The summed E-state index contributed by atoms with van der Waals surface area (Å²) in [6.45, 7) is 8.58. The first-order valence-electron chi connectivity index (χ1n) is 6.35. The van der Waals surface area contributed by atoms with E-state index in [1.165, 1.54) is 6.42 Å². The van der Waals surface area contributed by atoms with Crippen LogP contribution in [-0.4, -0.2) is 41.0 Å². The summed E-state index contributed by atoms with van der Waals surface area (Å²) < 4.78 is 0. The van der Waals surface area contributed by atoms with Gasteiger partial charge in [-0.05, 0) is 38.9 Å². The normalized spacial score (nSPS) is 21.1. The van der Waals surface area contributed by atoms with Crippen LogP contribution in [-0.2, 0) is 0 Å². The number of aromatic nitrogens is 2. The summed E-state index contributed by atoms with van der Waals surface area (Å²) in [4.78, 5) is 11.4. The highest BCUT2D eigenvalue weighted by molar-refractivity contribution is 5.30. The van der Waals surface area contributed by atoms with Gasteiger partial charge in [-0.2, -0.15) is 0 Å². The number of nitrogens with one attached hydrogen (secondary N) is 1. The topological polar surface area (TPSA) is 41.1 Å². The molecule has 4 nitrogen and oxygen atoms in total. The smallest absolute Gasteiger partial charge is 0.223 e. The molecule has 0 spiro atoms. The van der Waals surface area contributed by atoms with Gasteiger partial charge in [0.25, 0.3) is 0 Å². The maximum Gasteiger partial charge on any atom is 0.223 e. The second kappa shape index (κ2) is 5.00. The van der Waals surface area contributed by atoms with E-state index in [0.717, 1.165) is 30.4 Å². The van der Waals surface area contributed by atoms with E-state index in [0.29, 0.717) is 12.0 Å². The molecule has 0 radical (unpaired) electrons. The van der Waals surface area contributed by atoms with Gasteiger partial charge in [-0.3, -0.25) is 0 Å². The molecule has 1 unspecified atom stereocenters. The van der Waals surface area contributed by atoms with Crippen LogP contribution in [0.15, 0.2) is 6.07 Å². The molecule has 0 amide bonds. The molecule has 1 atom stereocenters. The average molecular weight is 234 g/mol. The lowest BCUT2D eigenvalue weighted by atomic mass is 10.1. The van der Waals surface area contributed by atoms with Crippen molar-refractivity contribution in [3.63, 3.8) is 0 Å². The van der Waals surface area contributed by atoms with Crippen LogP contribution in [0.3, 0.4) is 0 Å². The molecule has 1 aromatic heterocycles. The molecular weight excluding hydrogens is 212 g/mol. The SMILES string of the molecule is Cc1cc(C(C)C)nc(NC2CCN(C)C2)n1. The van der Waals surface area contributed by atoms with Crippen molar-refractivity contribution in [1.29, 1.82) is 0 Å². The van der Waals surface area contributed by atoms with Gasteiger partial charge in [0.2, 0.25) is 5.95 Å².